The number of benzene rings is 3. The van der Waals surface area contributed by atoms with Crippen LogP contribution in [-0.4, -0.2) is 0 Å². The minimum atomic E-state index is 0.531. The first-order valence-electron chi connectivity index (χ1n) is 9.43. The molecule has 1 atom stereocenters. The lowest BCUT2D eigenvalue weighted by molar-refractivity contribution is 0.765. The van der Waals surface area contributed by atoms with Crippen molar-refractivity contribution in [2.75, 3.05) is 0 Å². The molecule has 27 heavy (non-hydrogen) atoms. The number of rotatable bonds is 2. The van der Waals surface area contributed by atoms with E-state index >= 15 is 0 Å². The first kappa shape index (κ1) is 18.2. The average Bonchev–Trinajstić information content (AvgIpc) is 2.67. The quantitative estimate of drug-likeness (QED) is 0.395. The van der Waals surface area contributed by atoms with Gasteiger partial charge in [-0.05, 0) is 110 Å². The predicted octanol–water partition coefficient (Wildman–Crippen LogP) is 6.26. The molecule has 0 saturated heterocycles. The van der Waals surface area contributed by atoms with Gasteiger partial charge in [0.1, 0.15) is 0 Å². The summed E-state index contributed by atoms with van der Waals surface area (Å²) in [5.41, 5.74) is 5.20. The Balaban J connectivity index is 1.83. The van der Waals surface area contributed by atoms with E-state index in [0.29, 0.717) is 5.92 Å². The van der Waals surface area contributed by atoms with Crippen LogP contribution in [0.15, 0.2) is 60.7 Å². The third-order valence-corrected chi connectivity index (χ3v) is 6.14. The van der Waals surface area contributed by atoms with E-state index in [4.69, 9.17) is 0 Å². The highest BCUT2D eigenvalue weighted by molar-refractivity contribution is 14.1. The first-order chi connectivity index (χ1) is 13.1. The molecule has 4 rings (SSSR count). The predicted molar refractivity (Wildman–Crippen MR) is 128 cm³/mol. The number of fused-ring (bicyclic) bond motifs is 2. The Morgan fingerprint density at radius 2 is 1.85 bits per heavy atom. The molecule has 0 aliphatic heterocycles. The van der Waals surface area contributed by atoms with Crippen LogP contribution < -0.4 is 10.4 Å². The van der Waals surface area contributed by atoms with E-state index in [1.54, 1.807) is 0 Å². The van der Waals surface area contributed by atoms with E-state index in [2.05, 4.69) is 116 Å². The average molecular weight is 462 g/mol. The summed E-state index contributed by atoms with van der Waals surface area (Å²) in [6.45, 7) is 8.83. The summed E-state index contributed by atoms with van der Waals surface area (Å²) in [6, 6.07) is 17.8. The molecule has 0 aromatic heterocycles. The van der Waals surface area contributed by atoms with Crippen LogP contribution in [0, 0.1) is 3.57 Å². The molecule has 0 fully saturated rings. The summed E-state index contributed by atoms with van der Waals surface area (Å²) in [5, 5.41) is 4.94. The van der Waals surface area contributed by atoms with Crippen LogP contribution in [0.2, 0.25) is 0 Å². The third kappa shape index (κ3) is 3.53. The lowest BCUT2D eigenvalue weighted by Gasteiger charge is -2.18. The van der Waals surface area contributed by atoms with E-state index in [-0.39, 0.29) is 0 Å². The molecule has 0 spiro atoms. The Kier molecular flexibility index (Phi) is 5.05. The van der Waals surface area contributed by atoms with Gasteiger partial charge in [0.2, 0.25) is 0 Å². The maximum Gasteiger partial charge on any atom is 0.0136 e. The highest BCUT2D eigenvalue weighted by Gasteiger charge is 2.13. The zero-order valence-corrected chi connectivity index (χ0v) is 18.0. The highest BCUT2D eigenvalue weighted by Crippen LogP contribution is 2.26. The van der Waals surface area contributed by atoms with Crippen LogP contribution in [0.25, 0.3) is 35.1 Å². The topological polar surface area (TPSA) is 0 Å². The standard InChI is InChI=1S/C26H23I/c1-4-19(22-10-11-24-16-25(27)13-12-23(24)15-22)14-21-9-8-20-7-5-6-17(2)26(20)18(21)3/h4-5,7-17H,3,6H2,1-2H3/b19-4+,21-14-/t17-/m0/s1. The molecule has 1 aliphatic carbocycles. The van der Waals surface area contributed by atoms with Gasteiger partial charge >= 0.3 is 0 Å². The number of halogens is 1. The molecule has 3 aromatic carbocycles. The van der Waals surface area contributed by atoms with Gasteiger partial charge in [0.15, 0.2) is 0 Å². The van der Waals surface area contributed by atoms with Gasteiger partial charge in [-0.1, -0.05) is 62.1 Å². The van der Waals surface area contributed by atoms with E-state index in [1.165, 1.54) is 47.0 Å². The molecule has 0 unspecified atom stereocenters. The van der Waals surface area contributed by atoms with Crippen LogP contribution >= 0.6 is 22.6 Å². The maximum absolute atomic E-state index is 4.43. The fourth-order valence-electron chi connectivity index (χ4n) is 3.98. The van der Waals surface area contributed by atoms with Crippen LogP contribution in [0.5, 0.6) is 0 Å². The Morgan fingerprint density at radius 1 is 1.07 bits per heavy atom. The van der Waals surface area contributed by atoms with Crippen molar-refractivity contribution in [1.82, 2.24) is 0 Å². The Hall–Kier alpha value is -2.13. The number of hydrogen-bond donors (Lipinski definition) is 0. The van der Waals surface area contributed by atoms with Gasteiger partial charge < -0.3 is 0 Å². The van der Waals surface area contributed by atoms with Crippen LogP contribution in [0.1, 0.15) is 42.9 Å². The minimum Gasteiger partial charge on any atom is -0.0908 e. The summed E-state index contributed by atoms with van der Waals surface area (Å²) in [5.74, 6) is 0.531. The molecule has 134 valence electrons. The van der Waals surface area contributed by atoms with Crippen molar-refractivity contribution in [3.8, 4) is 0 Å². The fraction of sp³-hybridized carbons (Fsp3) is 0.154. The highest BCUT2D eigenvalue weighted by atomic mass is 127. The molecule has 0 N–H and O–H groups in total. The second-order valence-electron chi connectivity index (χ2n) is 7.27. The van der Waals surface area contributed by atoms with Crippen molar-refractivity contribution in [3.05, 3.63) is 91.4 Å². The van der Waals surface area contributed by atoms with Crippen LogP contribution in [0.4, 0.5) is 0 Å². The SMILES string of the molecule is C=c1c2c(cc/c1=C/C(=C\C)c1ccc3cc(I)ccc3c1)C=CC[C@@H]2C. The molecule has 0 radical (unpaired) electrons. The zero-order valence-electron chi connectivity index (χ0n) is 15.8. The van der Waals surface area contributed by atoms with Gasteiger partial charge in [0, 0.05) is 3.57 Å². The fourth-order valence-corrected chi connectivity index (χ4v) is 4.49. The second kappa shape index (κ2) is 7.47. The summed E-state index contributed by atoms with van der Waals surface area (Å²) >= 11 is 2.37. The molecule has 0 bridgehead atoms. The van der Waals surface area contributed by atoms with Crippen molar-refractivity contribution < 1.29 is 0 Å². The molecular weight excluding hydrogens is 439 g/mol. The summed E-state index contributed by atoms with van der Waals surface area (Å²) < 4.78 is 1.27. The van der Waals surface area contributed by atoms with Crippen molar-refractivity contribution >= 4 is 57.7 Å². The largest absolute Gasteiger partial charge is 0.0908 e. The number of allylic oxidation sites excluding steroid dienone is 3. The molecule has 0 nitrogen and oxygen atoms in total. The van der Waals surface area contributed by atoms with Gasteiger partial charge in [-0.15, -0.1) is 0 Å². The Morgan fingerprint density at radius 3 is 2.67 bits per heavy atom. The summed E-state index contributed by atoms with van der Waals surface area (Å²) in [4.78, 5) is 0. The monoisotopic (exact) mass is 462 g/mol. The normalized spacial score (nSPS) is 17.4. The minimum absolute atomic E-state index is 0.531. The smallest absolute Gasteiger partial charge is 0.0136 e. The van der Waals surface area contributed by atoms with Gasteiger partial charge in [-0.2, -0.15) is 0 Å². The van der Waals surface area contributed by atoms with Crippen molar-refractivity contribution in [2.24, 2.45) is 0 Å². The van der Waals surface area contributed by atoms with Crippen LogP contribution in [-0.2, 0) is 0 Å². The molecule has 3 aromatic rings. The van der Waals surface area contributed by atoms with E-state index in [0.717, 1.165) is 6.42 Å². The molecule has 0 saturated carbocycles. The van der Waals surface area contributed by atoms with Crippen molar-refractivity contribution in [1.29, 1.82) is 0 Å². The van der Waals surface area contributed by atoms with Gasteiger partial charge in [0.25, 0.3) is 0 Å². The van der Waals surface area contributed by atoms with E-state index in [1.807, 2.05) is 0 Å². The Labute approximate surface area is 174 Å². The molecule has 0 amide bonds. The van der Waals surface area contributed by atoms with Crippen LogP contribution in [0.3, 0.4) is 0 Å². The maximum atomic E-state index is 4.43. The first-order valence-corrected chi connectivity index (χ1v) is 10.5. The molecule has 0 heterocycles. The molecular formula is C26H23I. The zero-order chi connectivity index (χ0) is 19.0. The van der Waals surface area contributed by atoms with E-state index < -0.39 is 0 Å². The Bertz CT molecular complexity index is 1190. The molecule has 1 heteroatoms. The lowest BCUT2D eigenvalue weighted by atomic mass is 9.86. The van der Waals surface area contributed by atoms with Gasteiger partial charge in [-0.3, -0.25) is 0 Å². The second-order valence-corrected chi connectivity index (χ2v) is 8.52. The van der Waals surface area contributed by atoms with Gasteiger partial charge in [0.05, 0.1) is 0 Å². The third-order valence-electron chi connectivity index (χ3n) is 5.46. The van der Waals surface area contributed by atoms with Gasteiger partial charge in [-0.25, -0.2) is 0 Å². The summed E-state index contributed by atoms with van der Waals surface area (Å²) in [6.07, 6.45) is 10.1. The summed E-state index contributed by atoms with van der Waals surface area (Å²) in [7, 11) is 0. The van der Waals surface area contributed by atoms with Crippen molar-refractivity contribution in [2.45, 2.75) is 26.2 Å². The van der Waals surface area contributed by atoms with E-state index in [9.17, 15) is 0 Å². The molecule has 1 aliphatic rings. The number of hydrogen-bond acceptors (Lipinski definition) is 0. The van der Waals surface area contributed by atoms with Crippen molar-refractivity contribution in [3.63, 3.8) is 0 Å². The lowest BCUT2D eigenvalue weighted by Crippen LogP contribution is -2.30.